The van der Waals surface area contributed by atoms with Gasteiger partial charge in [-0.1, -0.05) is 136 Å². The zero-order valence-electron chi connectivity index (χ0n) is 20.6. The second-order valence-corrected chi connectivity index (χ2v) is 11.0. The van der Waals surface area contributed by atoms with E-state index in [2.05, 4.69) is 13.8 Å². The Balaban J connectivity index is 1.44. The summed E-state index contributed by atoms with van der Waals surface area (Å²) in [6, 6.07) is 0. The molecule has 0 bridgehead atoms. The largest absolute Gasteiger partial charge is 0.0654 e. The van der Waals surface area contributed by atoms with Gasteiger partial charge in [-0.2, -0.15) is 0 Å². The summed E-state index contributed by atoms with van der Waals surface area (Å²) < 4.78 is 0. The fraction of sp³-hybridized carbons (Fsp3) is 1.00. The van der Waals surface area contributed by atoms with E-state index in [0.717, 1.165) is 23.7 Å². The first kappa shape index (κ1) is 25.3. The predicted molar refractivity (Wildman–Crippen MR) is 131 cm³/mol. The molecule has 0 saturated heterocycles. The second-order valence-electron chi connectivity index (χ2n) is 11.0. The van der Waals surface area contributed by atoms with E-state index in [1.165, 1.54) is 83.5 Å². The molecule has 172 valence electrons. The van der Waals surface area contributed by atoms with Crippen LogP contribution in [0.25, 0.3) is 0 Å². The van der Waals surface area contributed by atoms with E-state index < -0.39 is 0 Å². The van der Waals surface area contributed by atoms with Gasteiger partial charge in [-0.25, -0.2) is 0 Å². The van der Waals surface area contributed by atoms with E-state index in [1.54, 1.807) is 64.2 Å². The summed E-state index contributed by atoms with van der Waals surface area (Å²) in [7, 11) is 0. The highest BCUT2D eigenvalue weighted by Crippen LogP contribution is 2.43. The summed E-state index contributed by atoms with van der Waals surface area (Å²) in [6.07, 6.45) is 34.8. The zero-order valence-corrected chi connectivity index (χ0v) is 20.6. The Kier molecular flexibility index (Phi) is 14.5. The third-order valence-electron chi connectivity index (χ3n) is 8.63. The van der Waals surface area contributed by atoms with Crippen LogP contribution in [0.3, 0.4) is 0 Å². The molecule has 0 N–H and O–H groups in total. The molecule has 0 aromatic rings. The lowest BCUT2D eigenvalue weighted by molar-refractivity contribution is 0.139. The van der Waals surface area contributed by atoms with E-state index in [9.17, 15) is 0 Å². The van der Waals surface area contributed by atoms with Gasteiger partial charge in [-0.3, -0.25) is 0 Å². The van der Waals surface area contributed by atoms with Crippen molar-refractivity contribution in [2.45, 2.75) is 162 Å². The van der Waals surface area contributed by atoms with Crippen LogP contribution in [0.5, 0.6) is 0 Å². The standard InChI is InChI=1S/C29H56/c1-3-5-7-9-10-11-13-15-17-27-20-24-29(25-21-27)28-22-18-26(19-23-28)16-14-12-8-6-4-2/h26-29H,3-25H2,1-2H3/t26-,27?,28-,29?. The van der Waals surface area contributed by atoms with E-state index in [1.807, 2.05) is 0 Å². The topological polar surface area (TPSA) is 0 Å². The Morgan fingerprint density at radius 2 is 0.690 bits per heavy atom. The average Bonchev–Trinajstić information content (AvgIpc) is 2.76. The predicted octanol–water partition coefficient (Wildman–Crippen LogP) is 10.5. The van der Waals surface area contributed by atoms with Crippen LogP contribution in [-0.4, -0.2) is 0 Å². The van der Waals surface area contributed by atoms with Crippen molar-refractivity contribution < 1.29 is 0 Å². The fourth-order valence-corrected chi connectivity index (χ4v) is 6.50. The SMILES string of the molecule is CCCCCCCCCCC1CCC([C@H]2CC[C@H](CCCCCCC)CC2)CC1. The van der Waals surface area contributed by atoms with Crippen molar-refractivity contribution in [3.05, 3.63) is 0 Å². The van der Waals surface area contributed by atoms with Gasteiger partial charge in [0.15, 0.2) is 0 Å². The Hall–Kier alpha value is 0. The van der Waals surface area contributed by atoms with Crippen LogP contribution in [0.1, 0.15) is 162 Å². The molecular formula is C29H56. The third kappa shape index (κ3) is 11.3. The van der Waals surface area contributed by atoms with E-state index in [0.29, 0.717) is 0 Å². The van der Waals surface area contributed by atoms with Crippen LogP contribution in [0.4, 0.5) is 0 Å². The minimum absolute atomic E-state index is 1.09. The highest BCUT2D eigenvalue weighted by Gasteiger charge is 2.30. The Morgan fingerprint density at radius 3 is 1.03 bits per heavy atom. The summed E-state index contributed by atoms with van der Waals surface area (Å²) in [5.41, 5.74) is 0. The first-order valence-electron chi connectivity index (χ1n) is 14.3. The molecule has 0 heteroatoms. The smallest absolute Gasteiger partial charge is 0.0386 e. The first-order valence-corrected chi connectivity index (χ1v) is 14.3. The molecule has 2 saturated carbocycles. The summed E-state index contributed by atoms with van der Waals surface area (Å²) in [5.74, 6) is 4.39. The Morgan fingerprint density at radius 1 is 0.379 bits per heavy atom. The van der Waals surface area contributed by atoms with Crippen molar-refractivity contribution in [1.29, 1.82) is 0 Å². The van der Waals surface area contributed by atoms with Crippen molar-refractivity contribution >= 4 is 0 Å². The average molecular weight is 405 g/mol. The van der Waals surface area contributed by atoms with Crippen molar-refractivity contribution in [1.82, 2.24) is 0 Å². The maximum atomic E-state index is 2.32. The van der Waals surface area contributed by atoms with Crippen LogP contribution < -0.4 is 0 Å². The van der Waals surface area contributed by atoms with Gasteiger partial charge in [0.2, 0.25) is 0 Å². The van der Waals surface area contributed by atoms with Crippen molar-refractivity contribution in [2.75, 3.05) is 0 Å². The minimum atomic E-state index is 1.09. The lowest BCUT2D eigenvalue weighted by atomic mass is 9.68. The summed E-state index contributed by atoms with van der Waals surface area (Å²) in [5, 5.41) is 0. The van der Waals surface area contributed by atoms with Gasteiger partial charge >= 0.3 is 0 Å². The number of hydrogen-bond acceptors (Lipinski definition) is 0. The lowest BCUT2D eigenvalue weighted by Gasteiger charge is -2.38. The van der Waals surface area contributed by atoms with Crippen molar-refractivity contribution in [3.8, 4) is 0 Å². The van der Waals surface area contributed by atoms with Crippen molar-refractivity contribution in [3.63, 3.8) is 0 Å². The van der Waals surface area contributed by atoms with Crippen LogP contribution in [0.2, 0.25) is 0 Å². The molecule has 2 fully saturated rings. The molecule has 0 heterocycles. The first-order chi connectivity index (χ1) is 14.3. The van der Waals surface area contributed by atoms with Crippen molar-refractivity contribution in [2.24, 2.45) is 23.7 Å². The molecule has 0 atom stereocenters. The third-order valence-corrected chi connectivity index (χ3v) is 8.63. The molecule has 0 radical (unpaired) electrons. The molecule has 0 aromatic heterocycles. The summed E-state index contributed by atoms with van der Waals surface area (Å²) in [6.45, 7) is 4.64. The molecule has 2 aliphatic carbocycles. The molecular weight excluding hydrogens is 348 g/mol. The number of rotatable bonds is 16. The second kappa shape index (κ2) is 16.7. The minimum Gasteiger partial charge on any atom is -0.0654 e. The number of unbranched alkanes of at least 4 members (excludes halogenated alkanes) is 11. The lowest BCUT2D eigenvalue weighted by Crippen LogP contribution is -2.25. The maximum absolute atomic E-state index is 2.32. The molecule has 2 rings (SSSR count). The highest BCUT2D eigenvalue weighted by atomic mass is 14.4. The molecule has 0 spiro atoms. The van der Waals surface area contributed by atoms with Gasteiger partial charge in [0.05, 0.1) is 0 Å². The van der Waals surface area contributed by atoms with Gasteiger partial charge in [0, 0.05) is 0 Å². The molecule has 0 unspecified atom stereocenters. The monoisotopic (exact) mass is 404 g/mol. The molecule has 0 aromatic carbocycles. The fourth-order valence-electron chi connectivity index (χ4n) is 6.50. The van der Waals surface area contributed by atoms with Crippen LogP contribution in [-0.2, 0) is 0 Å². The van der Waals surface area contributed by atoms with Gasteiger partial charge in [0.25, 0.3) is 0 Å². The van der Waals surface area contributed by atoms with E-state index >= 15 is 0 Å². The molecule has 0 nitrogen and oxygen atoms in total. The zero-order chi connectivity index (χ0) is 20.6. The van der Waals surface area contributed by atoms with Gasteiger partial charge in [0.1, 0.15) is 0 Å². The van der Waals surface area contributed by atoms with Crippen LogP contribution in [0.15, 0.2) is 0 Å². The Labute approximate surface area is 185 Å². The van der Waals surface area contributed by atoms with Crippen LogP contribution in [0, 0.1) is 23.7 Å². The summed E-state index contributed by atoms with van der Waals surface area (Å²) >= 11 is 0. The molecule has 29 heavy (non-hydrogen) atoms. The van der Waals surface area contributed by atoms with Gasteiger partial charge < -0.3 is 0 Å². The van der Waals surface area contributed by atoms with Gasteiger partial charge in [-0.05, 0) is 49.4 Å². The highest BCUT2D eigenvalue weighted by molar-refractivity contribution is 4.82. The van der Waals surface area contributed by atoms with E-state index in [4.69, 9.17) is 0 Å². The normalized spacial score (nSPS) is 27.9. The maximum Gasteiger partial charge on any atom is -0.0386 e. The molecule has 2 aliphatic rings. The van der Waals surface area contributed by atoms with Crippen LogP contribution >= 0.6 is 0 Å². The number of hydrogen-bond donors (Lipinski definition) is 0. The van der Waals surface area contributed by atoms with Gasteiger partial charge in [-0.15, -0.1) is 0 Å². The molecule has 0 amide bonds. The Bertz CT molecular complexity index is 343. The molecule has 0 aliphatic heterocycles. The summed E-state index contributed by atoms with van der Waals surface area (Å²) in [4.78, 5) is 0. The van der Waals surface area contributed by atoms with E-state index in [-0.39, 0.29) is 0 Å². The quantitative estimate of drug-likeness (QED) is 0.224.